The van der Waals surface area contributed by atoms with E-state index in [4.69, 9.17) is 5.26 Å². The van der Waals surface area contributed by atoms with Gasteiger partial charge in [0.1, 0.15) is 18.3 Å². The zero-order valence-corrected chi connectivity index (χ0v) is 20.5. The molecular formula is C29H28N6O2. The Bertz CT molecular complexity index is 1430. The van der Waals surface area contributed by atoms with Crippen LogP contribution in [0.2, 0.25) is 0 Å². The maximum Gasteiger partial charge on any atom is 0.258 e. The molecule has 0 atom stereocenters. The number of carbonyl (C=O) groups excluding carboxylic acids is 2. The summed E-state index contributed by atoms with van der Waals surface area (Å²) in [6.07, 6.45) is 4.34. The summed E-state index contributed by atoms with van der Waals surface area (Å²) in [7, 11) is 0. The van der Waals surface area contributed by atoms with Crippen molar-refractivity contribution in [3.63, 3.8) is 0 Å². The smallest absolute Gasteiger partial charge is 0.258 e. The maximum atomic E-state index is 13.6. The van der Waals surface area contributed by atoms with Crippen LogP contribution in [0.3, 0.4) is 0 Å². The van der Waals surface area contributed by atoms with Gasteiger partial charge in [0, 0.05) is 61.9 Å². The largest absolute Gasteiger partial charge is 0.361 e. The van der Waals surface area contributed by atoms with Crippen LogP contribution in [0.5, 0.6) is 0 Å². The second kappa shape index (κ2) is 11.1. The standard InChI is InChI=1S/C29H28N6O2/c30-20-25-18-22(8-11-31-25)10-13-33-14-16-34(17-15-33)28(36)21-35(26-4-2-1-3-5-26)29(37)24-7-6-23-9-12-32-27(23)19-24/h1-9,11-12,18-19,32H,10,13-17,21H2. The summed E-state index contributed by atoms with van der Waals surface area (Å²) >= 11 is 0. The number of rotatable bonds is 7. The number of amides is 2. The fourth-order valence-electron chi connectivity index (χ4n) is 4.66. The fraction of sp³-hybridized carbons (Fsp3) is 0.241. The van der Waals surface area contributed by atoms with Gasteiger partial charge in [-0.15, -0.1) is 0 Å². The van der Waals surface area contributed by atoms with Crippen LogP contribution in [-0.4, -0.2) is 70.9 Å². The number of nitrogens with zero attached hydrogens (tertiary/aromatic N) is 5. The summed E-state index contributed by atoms with van der Waals surface area (Å²) in [6, 6.07) is 22.7. The van der Waals surface area contributed by atoms with Gasteiger partial charge in [0.2, 0.25) is 5.91 Å². The molecule has 8 nitrogen and oxygen atoms in total. The number of anilines is 1. The molecule has 0 saturated carbocycles. The number of benzene rings is 2. The van der Waals surface area contributed by atoms with E-state index >= 15 is 0 Å². The Labute approximate surface area is 215 Å². The summed E-state index contributed by atoms with van der Waals surface area (Å²) in [6.45, 7) is 3.61. The lowest BCUT2D eigenvalue weighted by Gasteiger charge is -2.36. The van der Waals surface area contributed by atoms with Crippen LogP contribution < -0.4 is 4.90 Å². The van der Waals surface area contributed by atoms with E-state index in [0.29, 0.717) is 30.0 Å². The highest BCUT2D eigenvalue weighted by molar-refractivity contribution is 6.10. The van der Waals surface area contributed by atoms with E-state index in [-0.39, 0.29) is 18.4 Å². The topological polar surface area (TPSA) is 96.3 Å². The second-order valence-corrected chi connectivity index (χ2v) is 9.14. The molecule has 1 N–H and O–H groups in total. The van der Waals surface area contributed by atoms with E-state index in [1.165, 1.54) is 0 Å². The summed E-state index contributed by atoms with van der Waals surface area (Å²) in [5.41, 5.74) is 3.63. The second-order valence-electron chi connectivity index (χ2n) is 9.14. The number of hydrogen-bond acceptors (Lipinski definition) is 5. The van der Waals surface area contributed by atoms with Gasteiger partial charge in [0.15, 0.2) is 0 Å². The van der Waals surface area contributed by atoms with Gasteiger partial charge in [-0.2, -0.15) is 5.26 Å². The molecule has 1 saturated heterocycles. The molecule has 3 heterocycles. The molecule has 5 rings (SSSR count). The average molecular weight is 493 g/mol. The molecule has 2 amide bonds. The number of fused-ring (bicyclic) bond motifs is 1. The zero-order chi connectivity index (χ0) is 25.6. The molecule has 0 aliphatic carbocycles. The number of aromatic nitrogens is 2. The first kappa shape index (κ1) is 24.2. The van der Waals surface area contributed by atoms with Crippen molar-refractivity contribution in [1.29, 1.82) is 5.26 Å². The van der Waals surface area contributed by atoms with Crippen molar-refractivity contribution in [2.75, 3.05) is 44.2 Å². The van der Waals surface area contributed by atoms with Crippen molar-refractivity contribution >= 4 is 28.4 Å². The number of hydrogen-bond donors (Lipinski definition) is 1. The molecule has 2 aromatic carbocycles. The average Bonchev–Trinajstić information content (AvgIpc) is 3.43. The number of piperazine rings is 1. The van der Waals surface area contributed by atoms with Crippen molar-refractivity contribution in [1.82, 2.24) is 19.8 Å². The minimum atomic E-state index is -0.205. The van der Waals surface area contributed by atoms with E-state index < -0.39 is 0 Å². The Hall–Kier alpha value is -4.48. The van der Waals surface area contributed by atoms with Crippen molar-refractivity contribution in [2.45, 2.75) is 6.42 Å². The van der Waals surface area contributed by atoms with Gasteiger partial charge in [-0.25, -0.2) is 4.98 Å². The molecule has 8 heteroatoms. The molecule has 0 bridgehead atoms. The first-order valence-corrected chi connectivity index (χ1v) is 12.4. The SMILES string of the molecule is N#Cc1cc(CCN2CCN(C(=O)CN(C(=O)c3ccc4cc[nH]c4c3)c3ccccc3)CC2)ccn1. The number of aromatic amines is 1. The maximum absolute atomic E-state index is 13.6. The number of nitrogens with one attached hydrogen (secondary N) is 1. The number of para-hydroxylation sites is 1. The third-order valence-corrected chi connectivity index (χ3v) is 6.79. The molecule has 2 aromatic heterocycles. The van der Waals surface area contributed by atoms with Crippen LogP contribution in [0, 0.1) is 11.3 Å². The molecule has 1 fully saturated rings. The fourth-order valence-corrected chi connectivity index (χ4v) is 4.66. The van der Waals surface area contributed by atoms with Gasteiger partial charge >= 0.3 is 0 Å². The van der Waals surface area contributed by atoms with Gasteiger partial charge in [0.25, 0.3) is 5.91 Å². The number of pyridine rings is 1. The predicted octanol–water partition coefficient (Wildman–Crippen LogP) is 3.47. The Morgan fingerprint density at radius 3 is 2.59 bits per heavy atom. The minimum absolute atomic E-state index is 0.0143. The molecule has 0 unspecified atom stereocenters. The van der Waals surface area contributed by atoms with Gasteiger partial charge in [-0.05, 0) is 59.8 Å². The van der Waals surface area contributed by atoms with E-state index in [1.54, 1.807) is 17.2 Å². The lowest BCUT2D eigenvalue weighted by atomic mass is 10.1. The molecule has 186 valence electrons. The van der Waals surface area contributed by atoms with Crippen LogP contribution in [0.4, 0.5) is 5.69 Å². The van der Waals surface area contributed by atoms with Crippen LogP contribution in [0.1, 0.15) is 21.6 Å². The predicted molar refractivity (Wildman–Crippen MR) is 142 cm³/mol. The van der Waals surface area contributed by atoms with Crippen LogP contribution >= 0.6 is 0 Å². The minimum Gasteiger partial charge on any atom is -0.361 e. The Kier molecular flexibility index (Phi) is 7.24. The Balaban J connectivity index is 1.22. The highest BCUT2D eigenvalue weighted by Gasteiger charge is 2.26. The van der Waals surface area contributed by atoms with Gasteiger partial charge in [-0.1, -0.05) is 24.3 Å². The van der Waals surface area contributed by atoms with Crippen molar-refractivity contribution < 1.29 is 9.59 Å². The van der Waals surface area contributed by atoms with E-state index in [1.807, 2.05) is 71.8 Å². The first-order chi connectivity index (χ1) is 18.1. The third kappa shape index (κ3) is 5.68. The monoisotopic (exact) mass is 492 g/mol. The molecular weight excluding hydrogens is 464 g/mol. The normalized spacial score (nSPS) is 13.9. The molecule has 1 aliphatic heterocycles. The van der Waals surface area contributed by atoms with E-state index in [9.17, 15) is 9.59 Å². The van der Waals surface area contributed by atoms with Crippen LogP contribution in [0.15, 0.2) is 79.1 Å². The number of H-pyrrole nitrogens is 1. The summed E-state index contributed by atoms with van der Waals surface area (Å²) in [4.78, 5) is 39.8. The molecule has 1 aliphatic rings. The molecule has 4 aromatic rings. The van der Waals surface area contributed by atoms with Gasteiger partial charge < -0.3 is 9.88 Å². The van der Waals surface area contributed by atoms with Gasteiger partial charge in [0.05, 0.1) is 0 Å². The highest BCUT2D eigenvalue weighted by atomic mass is 16.2. The first-order valence-electron chi connectivity index (χ1n) is 12.4. The molecule has 37 heavy (non-hydrogen) atoms. The van der Waals surface area contributed by atoms with Gasteiger partial charge in [-0.3, -0.25) is 19.4 Å². The Morgan fingerprint density at radius 1 is 1.00 bits per heavy atom. The summed E-state index contributed by atoms with van der Waals surface area (Å²) < 4.78 is 0. The molecule has 0 radical (unpaired) electrons. The van der Waals surface area contributed by atoms with Crippen molar-refractivity contribution in [3.05, 3.63) is 95.9 Å². The van der Waals surface area contributed by atoms with Crippen LogP contribution in [-0.2, 0) is 11.2 Å². The number of nitriles is 1. The summed E-state index contributed by atoms with van der Waals surface area (Å²) in [5, 5.41) is 10.1. The third-order valence-electron chi connectivity index (χ3n) is 6.79. The quantitative estimate of drug-likeness (QED) is 0.426. The molecule has 0 spiro atoms. The lowest BCUT2D eigenvalue weighted by molar-refractivity contribution is -0.131. The Morgan fingerprint density at radius 2 is 1.81 bits per heavy atom. The van der Waals surface area contributed by atoms with Crippen molar-refractivity contribution in [3.8, 4) is 6.07 Å². The lowest BCUT2D eigenvalue weighted by Crippen LogP contribution is -2.52. The van der Waals surface area contributed by atoms with Crippen molar-refractivity contribution in [2.24, 2.45) is 0 Å². The van der Waals surface area contributed by atoms with E-state index in [0.717, 1.165) is 42.5 Å². The highest BCUT2D eigenvalue weighted by Crippen LogP contribution is 2.20. The summed E-state index contributed by atoms with van der Waals surface area (Å²) in [5.74, 6) is -0.269. The zero-order valence-electron chi connectivity index (χ0n) is 20.5. The van der Waals surface area contributed by atoms with Crippen LogP contribution in [0.25, 0.3) is 10.9 Å². The number of carbonyl (C=O) groups is 2. The van der Waals surface area contributed by atoms with E-state index in [2.05, 4.69) is 20.9 Å².